The Labute approximate surface area is 132 Å². The Morgan fingerprint density at radius 3 is 2.90 bits per heavy atom. The summed E-state index contributed by atoms with van der Waals surface area (Å²) in [6, 6.07) is 5.59. The van der Waals surface area contributed by atoms with Crippen LogP contribution in [0.2, 0.25) is 5.02 Å². The number of rotatable bonds is 2. The van der Waals surface area contributed by atoms with Gasteiger partial charge in [0.25, 0.3) is 5.91 Å². The SMILES string of the molecule is O=C(NC1CCNC2(CCC2)C1)c1ccc(Br)c(Cl)c1. The van der Waals surface area contributed by atoms with Crippen molar-refractivity contribution in [2.75, 3.05) is 6.54 Å². The molecule has 1 heterocycles. The van der Waals surface area contributed by atoms with E-state index in [-0.39, 0.29) is 11.9 Å². The van der Waals surface area contributed by atoms with Gasteiger partial charge in [-0.25, -0.2) is 0 Å². The normalized spacial score (nSPS) is 24.2. The zero-order valence-electron chi connectivity index (χ0n) is 11.2. The van der Waals surface area contributed by atoms with E-state index >= 15 is 0 Å². The van der Waals surface area contributed by atoms with E-state index in [1.807, 2.05) is 6.07 Å². The van der Waals surface area contributed by atoms with Gasteiger partial charge in [0.15, 0.2) is 0 Å². The molecule has 108 valence electrons. The molecular weight excluding hydrogens is 340 g/mol. The lowest BCUT2D eigenvalue weighted by Gasteiger charge is -2.48. The van der Waals surface area contributed by atoms with Crippen molar-refractivity contribution in [1.29, 1.82) is 0 Å². The number of piperidine rings is 1. The van der Waals surface area contributed by atoms with Gasteiger partial charge >= 0.3 is 0 Å². The summed E-state index contributed by atoms with van der Waals surface area (Å²) >= 11 is 9.38. The lowest BCUT2D eigenvalue weighted by molar-refractivity contribution is 0.0853. The molecule has 1 saturated heterocycles. The maximum atomic E-state index is 12.3. The first-order chi connectivity index (χ1) is 9.58. The third kappa shape index (κ3) is 2.87. The molecule has 2 aliphatic rings. The van der Waals surface area contributed by atoms with E-state index in [0.29, 0.717) is 16.1 Å². The van der Waals surface area contributed by atoms with Crippen LogP contribution in [0.1, 0.15) is 42.5 Å². The number of halogens is 2. The van der Waals surface area contributed by atoms with Crippen LogP contribution in [0.25, 0.3) is 0 Å². The second-order valence-electron chi connectivity index (χ2n) is 5.85. The summed E-state index contributed by atoms with van der Waals surface area (Å²) in [5, 5.41) is 7.33. The fourth-order valence-corrected chi connectivity index (χ4v) is 3.60. The molecule has 0 aromatic heterocycles. The highest BCUT2D eigenvalue weighted by Crippen LogP contribution is 2.38. The van der Waals surface area contributed by atoms with E-state index in [0.717, 1.165) is 23.9 Å². The Kier molecular flexibility index (Phi) is 4.07. The van der Waals surface area contributed by atoms with Crippen molar-refractivity contribution in [1.82, 2.24) is 10.6 Å². The first kappa shape index (κ1) is 14.4. The van der Waals surface area contributed by atoms with E-state index in [9.17, 15) is 4.79 Å². The van der Waals surface area contributed by atoms with Crippen molar-refractivity contribution < 1.29 is 4.79 Å². The van der Waals surface area contributed by atoms with Gasteiger partial charge in [0.05, 0.1) is 5.02 Å². The van der Waals surface area contributed by atoms with Crippen molar-refractivity contribution in [3.05, 3.63) is 33.3 Å². The number of carbonyl (C=O) groups is 1. The third-order valence-corrected chi connectivity index (χ3v) is 5.69. The van der Waals surface area contributed by atoms with Gasteiger partial charge < -0.3 is 10.6 Å². The predicted octanol–water partition coefficient (Wildman–Crippen LogP) is 3.51. The number of hydrogen-bond acceptors (Lipinski definition) is 2. The average Bonchev–Trinajstić information content (AvgIpc) is 2.40. The smallest absolute Gasteiger partial charge is 0.251 e. The molecule has 3 nitrogen and oxygen atoms in total. The maximum Gasteiger partial charge on any atom is 0.251 e. The predicted molar refractivity (Wildman–Crippen MR) is 84.2 cm³/mol. The van der Waals surface area contributed by atoms with Gasteiger partial charge in [-0.2, -0.15) is 0 Å². The topological polar surface area (TPSA) is 41.1 Å². The standard InChI is InChI=1S/C15H18BrClN2O/c16-12-3-2-10(8-13(12)17)14(20)19-11-4-7-18-15(9-11)5-1-6-15/h2-3,8,11,18H,1,4-7,9H2,(H,19,20). The van der Waals surface area contributed by atoms with E-state index in [1.165, 1.54) is 19.3 Å². The molecule has 5 heteroatoms. The van der Waals surface area contributed by atoms with Gasteiger partial charge in [-0.15, -0.1) is 0 Å². The molecule has 0 bridgehead atoms. The number of carbonyl (C=O) groups excluding carboxylic acids is 1. The second-order valence-corrected chi connectivity index (χ2v) is 7.11. The van der Waals surface area contributed by atoms with Crippen molar-refractivity contribution in [2.45, 2.75) is 43.7 Å². The van der Waals surface area contributed by atoms with Crippen LogP contribution in [0.5, 0.6) is 0 Å². The molecule has 20 heavy (non-hydrogen) atoms. The van der Waals surface area contributed by atoms with Gasteiger partial charge in [-0.05, 0) is 72.8 Å². The lowest BCUT2D eigenvalue weighted by Crippen LogP contribution is -2.59. The molecule has 1 aliphatic heterocycles. The quantitative estimate of drug-likeness (QED) is 0.850. The summed E-state index contributed by atoms with van der Waals surface area (Å²) in [6.45, 7) is 0.992. The molecule has 3 rings (SSSR count). The van der Waals surface area contributed by atoms with Crippen molar-refractivity contribution >= 4 is 33.4 Å². The molecule has 0 radical (unpaired) electrons. The van der Waals surface area contributed by atoms with Crippen LogP contribution >= 0.6 is 27.5 Å². The van der Waals surface area contributed by atoms with E-state index in [4.69, 9.17) is 11.6 Å². The average molecular weight is 358 g/mol. The zero-order valence-corrected chi connectivity index (χ0v) is 13.6. The van der Waals surface area contributed by atoms with Gasteiger partial charge in [0.2, 0.25) is 0 Å². The summed E-state index contributed by atoms with van der Waals surface area (Å²) in [4.78, 5) is 12.3. The van der Waals surface area contributed by atoms with Gasteiger partial charge in [-0.3, -0.25) is 4.79 Å². The highest BCUT2D eigenvalue weighted by atomic mass is 79.9. The van der Waals surface area contributed by atoms with Crippen LogP contribution in [-0.2, 0) is 0 Å². The summed E-state index contributed by atoms with van der Waals surface area (Å²) in [5.41, 5.74) is 0.924. The Balaban J connectivity index is 1.64. The van der Waals surface area contributed by atoms with E-state index in [2.05, 4.69) is 26.6 Å². The van der Waals surface area contributed by atoms with Crippen LogP contribution < -0.4 is 10.6 Å². The zero-order chi connectivity index (χ0) is 14.2. The van der Waals surface area contributed by atoms with Crippen molar-refractivity contribution in [2.24, 2.45) is 0 Å². The molecule has 2 fully saturated rings. The Bertz CT molecular complexity index is 531. The minimum absolute atomic E-state index is 0.0271. The minimum atomic E-state index is -0.0271. The Hall–Kier alpha value is -0.580. The number of benzene rings is 1. The molecule has 1 aliphatic carbocycles. The minimum Gasteiger partial charge on any atom is -0.349 e. The summed E-state index contributed by atoms with van der Waals surface area (Å²) in [7, 11) is 0. The fraction of sp³-hybridized carbons (Fsp3) is 0.533. The third-order valence-electron chi connectivity index (χ3n) is 4.46. The van der Waals surface area contributed by atoms with Crippen LogP contribution in [0.15, 0.2) is 22.7 Å². The van der Waals surface area contributed by atoms with Gasteiger partial charge in [0, 0.05) is 21.6 Å². The first-order valence-electron chi connectivity index (χ1n) is 7.09. The van der Waals surface area contributed by atoms with Crippen LogP contribution in [0, 0.1) is 0 Å². The molecule has 1 amide bonds. The monoisotopic (exact) mass is 356 g/mol. The van der Waals surface area contributed by atoms with Crippen LogP contribution in [-0.4, -0.2) is 24.0 Å². The summed E-state index contributed by atoms with van der Waals surface area (Å²) in [6.07, 6.45) is 5.82. The highest BCUT2D eigenvalue weighted by Gasteiger charge is 2.41. The van der Waals surface area contributed by atoms with E-state index in [1.54, 1.807) is 12.1 Å². The maximum absolute atomic E-state index is 12.3. The van der Waals surface area contributed by atoms with Crippen LogP contribution in [0.3, 0.4) is 0 Å². The molecule has 2 N–H and O–H groups in total. The Morgan fingerprint density at radius 2 is 2.25 bits per heavy atom. The van der Waals surface area contributed by atoms with Gasteiger partial charge in [0.1, 0.15) is 0 Å². The first-order valence-corrected chi connectivity index (χ1v) is 8.26. The molecule has 1 spiro atoms. The van der Waals surface area contributed by atoms with Crippen LogP contribution in [0.4, 0.5) is 0 Å². The molecule has 1 saturated carbocycles. The summed E-state index contributed by atoms with van der Waals surface area (Å²) < 4.78 is 0.811. The summed E-state index contributed by atoms with van der Waals surface area (Å²) in [5.74, 6) is -0.0271. The fourth-order valence-electron chi connectivity index (χ4n) is 3.17. The Morgan fingerprint density at radius 1 is 1.45 bits per heavy atom. The lowest BCUT2D eigenvalue weighted by atomic mass is 9.70. The number of amides is 1. The van der Waals surface area contributed by atoms with Gasteiger partial charge in [-0.1, -0.05) is 11.6 Å². The number of nitrogens with one attached hydrogen (secondary N) is 2. The second kappa shape index (κ2) is 5.66. The largest absolute Gasteiger partial charge is 0.349 e. The van der Waals surface area contributed by atoms with Crippen molar-refractivity contribution in [3.8, 4) is 0 Å². The van der Waals surface area contributed by atoms with E-state index < -0.39 is 0 Å². The molecule has 1 aromatic rings. The number of hydrogen-bond donors (Lipinski definition) is 2. The van der Waals surface area contributed by atoms with Crippen molar-refractivity contribution in [3.63, 3.8) is 0 Å². The molecular formula is C15H18BrClN2O. The molecule has 1 atom stereocenters. The highest BCUT2D eigenvalue weighted by molar-refractivity contribution is 9.10. The molecule has 1 unspecified atom stereocenters. The molecule has 1 aromatic carbocycles.